The van der Waals surface area contributed by atoms with E-state index >= 15 is 0 Å². The summed E-state index contributed by atoms with van der Waals surface area (Å²) >= 11 is 0. The number of ketones is 1. The van der Waals surface area contributed by atoms with Gasteiger partial charge in [0.15, 0.2) is 0 Å². The third-order valence-corrected chi connectivity index (χ3v) is 6.01. The van der Waals surface area contributed by atoms with Gasteiger partial charge < -0.3 is 14.7 Å². The second-order valence-electron chi connectivity index (χ2n) is 8.68. The molecule has 1 aliphatic rings. The third kappa shape index (κ3) is 4.80. The third-order valence-electron chi connectivity index (χ3n) is 6.01. The number of Topliss-reactive ketones (excluding diaryl/α,β-unsaturated/α-hetero) is 1. The number of halogens is 1. The number of aliphatic hydroxyl groups excluding tert-OH is 1. The standard InChI is InChI=1S/C28H27FN2O4/c1-4-35-23-12-9-19(14-22(23)17(2)3)26(32)24-25(20-6-5-13-30-15-20)31(28(34)27(24)33)16-18-7-10-21(29)11-8-18/h5-15,17,25,32H,4,16H2,1-3H3/b26-24-. The first-order valence-electron chi connectivity index (χ1n) is 11.5. The molecule has 2 heterocycles. The molecule has 2 aromatic carbocycles. The summed E-state index contributed by atoms with van der Waals surface area (Å²) in [5.41, 5.74) is 2.54. The number of amides is 1. The molecule has 0 radical (unpaired) electrons. The largest absolute Gasteiger partial charge is 0.507 e. The Morgan fingerprint density at radius 3 is 2.51 bits per heavy atom. The van der Waals surface area contributed by atoms with Crippen molar-refractivity contribution in [2.45, 2.75) is 39.3 Å². The summed E-state index contributed by atoms with van der Waals surface area (Å²) in [5, 5.41) is 11.4. The van der Waals surface area contributed by atoms with Crippen LogP contribution in [0.1, 0.15) is 55.0 Å². The molecule has 4 rings (SSSR count). The van der Waals surface area contributed by atoms with E-state index in [0.29, 0.717) is 29.0 Å². The number of aromatic nitrogens is 1. The van der Waals surface area contributed by atoms with Crippen LogP contribution in [0.5, 0.6) is 5.75 Å². The summed E-state index contributed by atoms with van der Waals surface area (Å²) in [7, 11) is 0. The molecule has 180 valence electrons. The molecule has 0 saturated carbocycles. The van der Waals surface area contributed by atoms with Crippen LogP contribution in [-0.4, -0.2) is 33.3 Å². The minimum absolute atomic E-state index is 0.0102. The summed E-state index contributed by atoms with van der Waals surface area (Å²) in [5.74, 6) is -1.35. The predicted octanol–water partition coefficient (Wildman–Crippen LogP) is 5.36. The highest BCUT2D eigenvalue weighted by Gasteiger charge is 2.46. The highest BCUT2D eigenvalue weighted by atomic mass is 19.1. The lowest BCUT2D eigenvalue weighted by Gasteiger charge is -2.25. The predicted molar refractivity (Wildman–Crippen MR) is 130 cm³/mol. The Morgan fingerprint density at radius 1 is 1.14 bits per heavy atom. The Balaban J connectivity index is 1.84. The van der Waals surface area contributed by atoms with Crippen molar-refractivity contribution < 1.29 is 23.8 Å². The van der Waals surface area contributed by atoms with Crippen molar-refractivity contribution in [3.8, 4) is 5.75 Å². The number of benzene rings is 2. The van der Waals surface area contributed by atoms with Crippen LogP contribution in [0.3, 0.4) is 0 Å². The van der Waals surface area contributed by atoms with Crippen molar-refractivity contribution in [3.05, 3.63) is 101 Å². The minimum Gasteiger partial charge on any atom is -0.507 e. The summed E-state index contributed by atoms with van der Waals surface area (Å²) in [6.07, 6.45) is 3.16. The molecule has 1 amide bonds. The molecule has 0 spiro atoms. The fourth-order valence-electron chi connectivity index (χ4n) is 4.30. The molecule has 1 N–H and O–H groups in total. The van der Waals surface area contributed by atoms with Crippen LogP contribution in [0, 0.1) is 5.82 Å². The molecular formula is C28H27FN2O4. The van der Waals surface area contributed by atoms with E-state index in [4.69, 9.17) is 4.74 Å². The van der Waals surface area contributed by atoms with Gasteiger partial charge in [-0.05, 0) is 65.9 Å². The van der Waals surface area contributed by atoms with Gasteiger partial charge in [0.2, 0.25) is 0 Å². The lowest BCUT2D eigenvalue weighted by Crippen LogP contribution is -2.29. The SMILES string of the molecule is CCOc1ccc(/C(O)=C2/C(=O)C(=O)N(Cc3ccc(F)cc3)C2c2cccnc2)cc1C(C)C. The van der Waals surface area contributed by atoms with Gasteiger partial charge in [-0.1, -0.05) is 32.0 Å². The maximum atomic E-state index is 13.4. The molecule has 0 bridgehead atoms. The number of hydrogen-bond donors (Lipinski definition) is 1. The number of carbonyl (C=O) groups is 2. The first kappa shape index (κ1) is 24.1. The first-order chi connectivity index (χ1) is 16.8. The average molecular weight is 475 g/mol. The number of pyridine rings is 1. The number of rotatable bonds is 7. The zero-order chi connectivity index (χ0) is 25.1. The van der Waals surface area contributed by atoms with Gasteiger partial charge in [0, 0.05) is 24.5 Å². The van der Waals surface area contributed by atoms with Crippen molar-refractivity contribution in [2.24, 2.45) is 0 Å². The lowest BCUT2D eigenvalue weighted by molar-refractivity contribution is -0.140. The second kappa shape index (κ2) is 10.1. The van der Waals surface area contributed by atoms with E-state index in [1.165, 1.54) is 17.0 Å². The lowest BCUT2D eigenvalue weighted by atomic mass is 9.93. The van der Waals surface area contributed by atoms with Crippen molar-refractivity contribution in [3.63, 3.8) is 0 Å². The van der Waals surface area contributed by atoms with Crippen LogP contribution in [0.2, 0.25) is 0 Å². The van der Waals surface area contributed by atoms with Gasteiger partial charge in [0.25, 0.3) is 11.7 Å². The molecule has 7 heteroatoms. The fraction of sp³-hybridized carbons (Fsp3) is 0.250. The number of carbonyl (C=O) groups excluding carboxylic acids is 2. The highest BCUT2D eigenvalue weighted by molar-refractivity contribution is 6.46. The Morgan fingerprint density at radius 2 is 1.89 bits per heavy atom. The average Bonchev–Trinajstić information content (AvgIpc) is 3.10. The zero-order valence-corrected chi connectivity index (χ0v) is 19.9. The molecule has 1 saturated heterocycles. The van der Waals surface area contributed by atoms with Gasteiger partial charge in [-0.25, -0.2) is 4.39 Å². The molecule has 6 nitrogen and oxygen atoms in total. The monoisotopic (exact) mass is 474 g/mol. The summed E-state index contributed by atoms with van der Waals surface area (Å²) < 4.78 is 19.1. The number of nitrogens with zero attached hydrogens (tertiary/aromatic N) is 2. The van der Waals surface area contributed by atoms with Crippen molar-refractivity contribution in [1.29, 1.82) is 0 Å². The second-order valence-corrected chi connectivity index (χ2v) is 8.68. The van der Waals surface area contributed by atoms with E-state index < -0.39 is 23.5 Å². The van der Waals surface area contributed by atoms with E-state index in [1.807, 2.05) is 20.8 Å². The van der Waals surface area contributed by atoms with E-state index in [1.54, 1.807) is 54.9 Å². The van der Waals surface area contributed by atoms with Gasteiger partial charge in [0.05, 0.1) is 18.2 Å². The van der Waals surface area contributed by atoms with E-state index in [9.17, 15) is 19.1 Å². The van der Waals surface area contributed by atoms with Gasteiger partial charge in [-0.15, -0.1) is 0 Å². The van der Waals surface area contributed by atoms with Crippen LogP contribution in [0.25, 0.3) is 5.76 Å². The molecular weight excluding hydrogens is 447 g/mol. The zero-order valence-electron chi connectivity index (χ0n) is 19.9. The van der Waals surface area contributed by atoms with Crippen LogP contribution in [0.4, 0.5) is 4.39 Å². The van der Waals surface area contributed by atoms with Crippen LogP contribution in [-0.2, 0) is 16.1 Å². The summed E-state index contributed by atoms with van der Waals surface area (Å²) in [4.78, 5) is 31.9. The number of aliphatic hydroxyl groups is 1. The van der Waals surface area contributed by atoms with Crippen LogP contribution >= 0.6 is 0 Å². The van der Waals surface area contributed by atoms with E-state index in [0.717, 1.165) is 5.56 Å². The molecule has 1 atom stereocenters. The maximum absolute atomic E-state index is 13.4. The number of ether oxygens (including phenoxy) is 1. The Hall–Kier alpha value is -4.00. The summed E-state index contributed by atoms with van der Waals surface area (Å²) in [6.45, 7) is 6.49. The Kier molecular flexibility index (Phi) is 6.96. The van der Waals surface area contributed by atoms with Gasteiger partial charge in [-0.3, -0.25) is 14.6 Å². The van der Waals surface area contributed by atoms with Gasteiger partial charge >= 0.3 is 0 Å². The molecule has 1 unspecified atom stereocenters. The maximum Gasteiger partial charge on any atom is 0.295 e. The van der Waals surface area contributed by atoms with Gasteiger partial charge in [0.1, 0.15) is 17.3 Å². The number of likely N-dealkylation sites (tertiary alicyclic amines) is 1. The first-order valence-corrected chi connectivity index (χ1v) is 11.5. The van der Waals surface area contributed by atoms with Crippen LogP contribution in [0.15, 0.2) is 72.6 Å². The topological polar surface area (TPSA) is 79.7 Å². The van der Waals surface area contributed by atoms with E-state index in [-0.39, 0.29) is 23.8 Å². The van der Waals surface area contributed by atoms with Crippen molar-refractivity contribution in [1.82, 2.24) is 9.88 Å². The molecule has 1 aliphatic heterocycles. The summed E-state index contributed by atoms with van der Waals surface area (Å²) in [6, 6.07) is 13.6. The Bertz CT molecular complexity index is 1270. The van der Waals surface area contributed by atoms with Crippen molar-refractivity contribution in [2.75, 3.05) is 6.61 Å². The normalized spacial score (nSPS) is 17.3. The molecule has 1 aromatic heterocycles. The van der Waals surface area contributed by atoms with Crippen molar-refractivity contribution >= 4 is 17.4 Å². The molecule has 1 fully saturated rings. The molecule has 3 aromatic rings. The number of hydrogen-bond acceptors (Lipinski definition) is 5. The smallest absolute Gasteiger partial charge is 0.295 e. The molecule has 35 heavy (non-hydrogen) atoms. The van der Waals surface area contributed by atoms with E-state index in [2.05, 4.69) is 4.98 Å². The molecule has 0 aliphatic carbocycles. The Labute approximate surface area is 203 Å². The fourth-order valence-corrected chi connectivity index (χ4v) is 4.30. The highest BCUT2D eigenvalue weighted by Crippen LogP contribution is 2.41. The minimum atomic E-state index is -0.845. The van der Waals surface area contributed by atoms with Gasteiger partial charge in [-0.2, -0.15) is 0 Å². The van der Waals surface area contributed by atoms with Crippen LogP contribution < -0.4 is 4.74 Å². The quantitative estimate of drug-likeness (QED) is 0.283.